The molecule has 1 heterocycles. The fourth-order valence-electron chi connectivity index (χ4n) is 3.29. The molecule has 0 amide bonds. The van der Waals surface area contributed by atoms with E-state index in [-0.39, 0.29) is 12.0 Å². The normalized spacial score (nSPS) is 15.4. The summed E-state index contributed by atoms with van der Waals surface area (Å²) in [7, 11) is 0. The second-order valence-electron chi connectivity index (χ2n) is 6.05. The summed E-state index contributed by atoms with van der Waals surface area (Å²) in [5.41, 5.74) is 2.60. The van der Waals surface area contributed by atoms with Gasteiger partial charge in [0.15, 0.2) is 0 Å². The van der Waals surface area contributed by atoms with Crippen LogP contribution >= 0.6 is 0 Å². The molecule has 1 aliphatic heterocycles. The van der Waals surface area contributed by atoms with Gasteiger partial charge in [0.25, 0.3) is 0 Å². The molecule has 1 saturated heterocycles. The van der Waals surface area contributed by atoms with E-state index in [0.717, 1.165) is 13.1 Å². The van der Waals surface area contributed by atoms with Crippen LogP contribution in [0.4, 0.5) is 0 Å². The van der Waals surface area contributed by atoms with Crippen LogP contribution in [0.5, 0.6) is 0 Å². The van der Waals surface area contributed by atoms with Crippen molar-refractivity contribution in [2.45, 2.75) is 19.4 Å². The third-order valence-electron chi connectivity index (χ3n) is 4.34. The van der Waals surface area contributed by atoms with Gasteiger partial charge in [-0.05, 0) is 24.0 Å². The Morgan fingerprint density at radius 1 is 1.04 bits per heavy atom. The van der Waals surface area contributed by atoms with Gasteiger partial charge in [0.2, 0.25) is 0 Å². The highest BCUT2D eigenvalue weighted by molar-refractivity contribution is 5.69. The number of carbonyl (C=O) groups is 1. The van der Waals surface area contributed by atoms with Crippen molar-refractivity contribution in [3.8, 4) is 0 Å². The number of esters is 1. The van der Waals surface area contributed by atoms with Crippen molar-refractivity contribution >= 4 is 5.97 Å². The smallest absolute Gasteiger partial charge is 0.306 e. The first-order valence-electron chi connectivity index (χ1n) is 8.27. The Labute approximate surface area is 137 Å². The zero-order valence-corrected chi connectivity index (χ0v) is 13.5. The summed E-state index contributed by atoms with van der Waals surface area (Å²) in [5, 5.41) is 0. The third-order valence-corrected chi connectivity index (χ3v) is 4.34. The second kappa shape index (κ2) is 7.42. The van der Waals surface area contributed by atoms with E-state index in [9.17, 15) is 4.79 Å². The number of hydrogen-bond donors (Lipinski definition) is 0. The lowest BCUT2D eigenvalue weighted by molar-refractivity contribution is -0.145. The van der Waals surface area contributed by atoms with Crippen LogP contribution in [0.25, 0.3) is 0 Å². The van der Waals surface area contributed by atoms with E-state index in [1.165, 1.54) is 11.1 Å². The molecule has 0 saturated carbocycles. The summed E-state index contributed by atoms with van der Waals surface area (Å²) in [6.45, 7) is 4.19. The van der Waals surface area contributed by atoms with Crippen molar-refractivity contribution in [3.05, 3.63) is 71.8 Å². The van der Waals surface area contributed by atoms with Crippen LogP contribution in [0.1, 0.15) is 30.5 Å². The molecule has 0 N–H and O–H groups in total. The highest BCUT2D eigenvalue weighted by atomic mass is 16.5. The Bertz CT molecular complexity index is 581. The quantitative estimate of drug-likeness (QED) is 0.763. The van der Waals surface area contributed by atoms with Crippen molar-refractivity contribution in [1.29, 1.82) is 0 Å². The molecule has 23 heavy (non-hydrogen) atoms. The van der Waals surface area contributed by atoms with E-state index in [1.54, 1.807) is 0 Å². The van der Waals surface area contributed by atoms with Gasteiger partial charge in [-0.15, -0.1) is 0 Å². The van der Waals surface area contributed by atoms with Crippen molar-refractivity contribution in [2.24, 2.45) is 5.92 Å². The first-order valence-corrected chi connectivity index (χ1v) is 8.27. The molecule has 0 unspecified atom stereocenters. The maximum atomic E-state index is 11.6. The molecule has 3 heteroatoms. The van der Waals surface area contributed by atoms with E-state index < -0.39 is 0 Å². The predicted molar refractivity (Wildman–Crippen MR) is 91.0 cm³/mol. The summed E-state index contributed by atoms with van der Waals surface area (Å²) in [6, 6.07) is 21.4. The minimum absolute atomic E-state index is 0.0758. The molecule has 0 aliphatic carbocycles. The van der Waals surface area contributed by atoms with Crippen molar-refractivity contribution < 1.29 is 9.53 Å². The molecule has 3 nitrogen and oxygen atoms in total. The standard InChI is InChI=1S/C20H23NO2/c1-2-23-19(22)13-16-14-21(15-16)20(17-9-5-3-6-10-17)18-11-7-4-8-12-18/h3-12,16,20H,2,13-15H2,1H3. The minimum Gasteiger partial charge on any atom is -0.466 e. The van der Waals surface area contributed by atoms with Gasteiger partial charge < -0.3 is 4.74 Å². The summed E-state index contributed by atoms with van der Waals surface area (Å²) in [5.74, 6) is 0.331. The topological polar surface area (TPSA) is 29.5 Å². The molecule has 3 rings (SSSR count). The van der Waals surface area contributed by atoms with Gasteiger partial charge in [-0.1, -0.05) is 60.7 Å². The first-order chi connectivity index (χ1) is 11.3. The maximum absolute atomic E-state index is 11.6. The molecule has 1 fully saturated rings. The fourth-order valence-corrected chi connectivity index (χ4v) is 3.29. The SMILES string of the molecule is CCOC(=O)CC1CN(C(c2ccccc2)c2ccccc2)C1. The largest absolute Gasteiger partial charge is 0.466 e. The van der Waals surface area contributed by atoms with Gasteiger partial charge in [-0.2, -0.15) is 0 Å². The van der Waals surface area contributed by atoms with Gasteiger partial charge >= 0.3 is 5.97 Å². The average molecular weight is 309 g/mol. The molecular weight excluding hydrogens is 286 g/mol. The van der Waals surface area contributed by atoms with Crippen LogP contribution < -0.4 is 0 Å². The lowest BCUT2D eigenvalue weighted by Crippen LogP contribution is -2.49. The van der Waals surface area contributed by atoms with Crippen molar-refractivity contribution in [2.75, 3.05) is 19.7 Å². The summed E-state index contributed by atoms with van der Waals surface area (Å²) in [6.07, 6.45) is 0.528. The van der Waals surface area contributed by atoms with E-state index in [0.29, 0.717) is 18.9 Å². The minimum atomic E-state index is -0.0758. The first kappa shape index (κ1) is 15.8. The molecule has 0 radical (unpaired) electrons. The zero-order valence-electron chi connectivity index (χ0n) is 13.5. The van der Waals surface area contributed by atoms with Gasteiger partial charge in [0.05, 0.1) is 19.1 Å². The number of benzene rings is 2. The molecule has 2 aromatic rings. The fraction of sp³-hybridized carbons (Fsp3) is 0.350. The van der Waals surface area contributed by atoms with Crippen LogP contribution in [0, 0.1) is 5.92 Å². The number of hydrogen-bond acceptors (Lipinski definition) is 3. The molecule has 120 valence electrons. The molecule has 0 aromatic heterocycles. The monoisotopic (exact) mass is 309 g/mol. The zero-order chi connectivity index (χ0) is 16.1. The van der Waals surface area contributed by atoms with Crippen LogP contribution in [0.2, 0.25) is 0 Å². The van der Waals surface area contributed by atoms with Gasteiger partial charge in [-0.3, -0.25) is 9.69 Å². The molecule has 1 aliphatic rings. The third kappa shape index (κ3) is 3.80. The molecule has 2 aromatic carbocycles. The summed E-state index contributed by atoms with van der Waals surface area (Å²) < 4.78 is 5.06. The Balaban J connectivity index is 1.71. The van der Waals surface area contributed by atoms with E-state index >= 15 is 0 Å². The molecular formula is C20H23NO2. The average Bonchev–Trinajstić information content (AvgIpc) is 2.55. The summed E-state index contributed by atoms with van der Waals surface area (Å²) in [4.78, 5) is 14.1. The Morgan fingerprint density at radius 3 is 2.04 bits per heavy atom. The predicted octanol–water partition coefficient (Wildman–Crippen LogP) is 3.66. The van der Waals surface area contributed by atoms with Crippen LogP contribution in [0.15, 0.2) is 60.7 Å². The van der Waals surface area contributed by atoms with Gasteiger partial charge in [0, 0.05) is 13.1 Å². The van der Waals surface area contributed by atoms with E-state index in [1.807, 2.05) is 19.1 Å². The van der Waals surface area contributed by atoms with Crippen molar-refractivity contribution in [3.63, 3.8) is 0 Å². The number of rotatable bonds is 6. The number of carbonyl (C=O) groups excluding carboxylic acids is 1. The van der Waals surface area contributed by atoms with E-state index in [4.69, 9.17) is 4.74 Å². The van der Waals surface area contributed by atoms with Crippen molar-refractivity contribution in [1.82, 2.24) is 4.90 Å². The maximum Gasteiger partial charge on any atom is 0.306 e. The number of likely N-dealkylation sites (tertiary alicyclic amines) is 1. The lowest BCUT2D eigenvalue weighted by atomic mass is 9.89. The Morgan fingerprint density at radius 2 is 1.57 bits per heavy atom. The molecule has 0 spiro atoms. The Hall–Kier alpha value is -2.13. The lowest BCUT2D eigenvalue weighted by Gasteiger charge is -2.44. The van der Waals surface area contributed by atoms with Crippen LogP contribution in [-0.4, -0.2) is 30.6 Å². The Kier molecular flexibility index (Phi) is 5.09. The van der Waals surface area contributed by atoms with Gasteiger partial charge in [0.1, 0.15) is 0 Å². The number of ether oxygens (including phenoxy) is 1. The van der Waals surface area contributed by atoms with Crippen LogP contribution in [-0.2, 0) is 9.53 Å². The number of nitrogens with zero attached hydrogens (tertiary/aromatic N) is 1. The second-order valence-corrected chi connectivity index (χ2v) is 6.05. The molecule has 0 bridgehead atoms. The van der Waals surface area contributed by atoms with Gasteiger partial charge in [-0.25, -0.2) is 0 Å². The molecule has 0 atom stereocenters. The highest BCUT2D eigenvalue weighted by Gasteiger charge is 2.35. The highest BCUT2D eigenvalue weighted by Crippen LogP contribution is 2.35. The van der Waals surface area contributed by atoms with Crippen LogP contribution in [0.3, 0.4) is 0 Å². The van der Waals surface area contributed by atoms with E-state index in [2.05, 4.69) is 53.4 Å². The summed E-state index contributed by atoms with van der Waals surface area (Å²) >= 11 is 0.